The molecule has 1 aromatic rings. The van der Waals surface area contributed by atoms with Crippen LogP contribution in [0.25, 0.3) is 0 Å². The fraction of sp³-hybridized carbons (Fsp3) is 0.833. The smallest absolute Gasteiger partial charge is 0.402 e. The summed E-state index contributed by atoms with van der Waals surface area (Å²) in [5.41, 5.74) is 6.09. The van der Waals surface area contributed by atoms with Gasteiger partial charge in [-0.05, 0) is 29.7 Å². The first-order valence-electron chi connectivity index (χ1n) is 7.93. The zero-order valence-electron chi connectivity index (χ0n) is 13.9. The highest BCUT2D eigenvalue weighted by molar-refractivity contribution is 6.32. The lowest BCUT2D eigenvalue weighted by molar-refractivity contribution is -0.136. The summed E-state index contributed by atoms with van der Waals surface area (Å²) in [6.07, 6.45) is 1.93. The molecule has 0 bridgehead atoms. The number of hydrogen-bond acceptors (Lipinski definition) is 9. The van der Waals surface area contributed by atoms with Gasteiger partial charge in [0.25, 0.3) is 0 Å². The zero-order chi connectivity index (χ0) is 17.4. The van der Waals surface area contributed by atoms with E-state index in [1.165, 1.54) is 4.68 Å². The number of tetrazole rings is 1. The van der Waals surface area contributed by atoms with E-state index >= 15 is 0 Å². The van der Waals surface area contributed by atoms with Crippen molar-refractivity contribution in [3.63, 3.8) is 0 Å². The largest absolute Gasteiger partial charge is 0.633 e. The number of nitrogens with two attached hydrogens (primary N) is 1. The van der Waals surface area contributed by atoms with E-state index in [-0.39, 0.29) is 31.5 Å². The molecule has 142 valence electrons. The van der Waals surface area contributed by atoms with E-state index < -0.39 is 13.4 Å². The molecule has 25 heavy (non-hydrogen) atoms. The summed E-state index contributed by atoms with van der Waals surface area (Å²) in [4.78, 5) is 14.0. The van der Waals surface area contributed by atoms with Crippen molar-refractivity contribution in [3.8, 4) is 0 Å². The number of morpholine rings is 1. The number of rotatable bonds is 9. The average Bonchev–Trinajstić information content (AvgIpc) is 3.03. The summed E-state index contributed by atoms with van der Waals surface area (Å²) < 4.78 is 11.3. The van der Waals surface area contributed by atoms with Gasteiger partial charge in [-0.25, -0.2) is 4.68 Å². The van der Waals surface area contributed by atoms with Crippen molar-refractivity contribution in [1.82, 2.24) is 25.1 Å². The normalized spacial score (nSPS) is 15.6. The molecule has 11 nitrogen and oxygen atoms in total. The number of carbonyl (C=O) groups excluding carboxylic acids is 1. The van der Waals surface area contributed by atoms with Crippen molar-refractivity contribution < 1.29 is 24.2 Å². The SMILES string of the molecule is Cl.NC(CCCCOB(O)O)c1nnnn1CC(=O)N1CCOCC1. The Balaban J connectivity index is 0.00000312. The van der Waals surface area contributed by atoms with Crippen LogP contribution in [-0.2, 0) is 20.7 Å². The van der Waals surface area contributed by atoms with Crippen molar-refractivity contribution in [2.75, 3.05) is 32.9 Å². The second-order valence-electron chi connectivity index (χ2n) is 5.49. The van der Waals surface area contributed by atoms with Gasteiger partial charge in [-0.1, -0.05) is 0 Å². The standard InChI is InChI=1S/C12H23BN6O5.ClH/c14-10(3-1-2-6-24-13(21)22)12-15-16-17-19(12)9-11(20)18-4-7-23-8-5-18;/h10,21-22H,1-9,14H2;1H. The van der Waals surface area contributed by atoms with Crippen molar-refractivity contribution in [2.24, 2.45) is 5.73 Å². The van der Waals surface area contributed by atoms with Gasteiger partial charge in [0, 0.05) is 19.7 Å². The predicted octanol–water partition coefficient (Wildman–Crippen LogP) is -1.89. The van der Waals surface area contributed by atoms with Crippen LogP contribution in [0.2, 0.25) is 0 Å². The zero-order valence-corrected chi connectivity index (χ0v) is 14.7. The number of ether oxygens (including phenoxy) is 1. The summed E-state index contributed by atoms with van der Waals surface area (Å²) in [5.74, 6) is 0.393. The van der Waals surface area contributed by atoms with E-state index in [0.717, 1.165) is 0 Å². The Morgan fingerprint density at radius 3 is 2.76 bits per heavy atom. The van der Waals surface area contributed by atoms with Gasteiger partial charge in [-0.2, -0.15) is 0 Å². The summed E-state index contributed by atoms with van der Waals surface area (Å²) in [6.45, 7) is 2.50. The van der Waals surface area contributed by atoms with E-state index in [1.54, 1.807) is 4.90 Å². The molecule has 0 aromatic carbocycles. The minimum absolute atomic E-state index is 0. The Kier molecular flexibility index (Phi) is 9.86. The first kappa shape index (κ1) is 21.7. The van der Waals surface area contributed by atoms with Crippen LogP contribution < -0.4 is 5.73 Å². The van der Waals surface area contributed by atoms with Crippen LogP contribution in [0.4, 0.5) is 0 Å². The molecule has 0 radical (unpaired) electrons. The molecule has 2 heterocycles. The molecule has 1 aromatic heterocycles. The summed E-state index contributed by atoms with van der Waals surface area (Å²) in [6, 6.07) is -0.406. The Hall–Kier alpha value is -1.31. The molecule has 1 atom stereocenters. The molecule has 1 saturated heterocycles. The van der Waals surface area contributed by atoms with Crippen molar-refractivity contribution >= 4 is 25.6 Å². The number of aromatic nitrogens is 4. The molecule has 1 amide bonds. The number of nitrogens with zero attached hydrogens (tertiary/aromatic N) is 5. The minimum Gasteiger partial charge on any atom is -0.402 e. The van der Waals surface area contributed by atoms with Gasteiger partial charge in [-0.3, -0.25) is 4.79 Å². The predicted molar refractivity (Wildman–Crippen MR) is 89.4 cm³/mol. The summed E-state index contributed by atoms with van der Waals surface area (Å²) in [5, 5.41) is 28.5. The highest BCUT2D eigenvalue weighted by atomic mass is 35.5. The number of carbonyl (C=O) groups is 1. The molecule has 2 rings (SSSR count). The van der Waals surface area contributed by atoms with Crippen LogP contribution in [0.3, 0.4) is 0 Å². The highest BCUT2D eigenvalue weighted by Gasteiger charge is 2.21. The maximum absolute atomic E-state index is 12.3. The third-order valence-corrected chi connectivity index (χ3v) is 3.72. The van der Waals surface area contributed by atoms with Crippen molar-refractivity contribution in [2.45, 2.75) is 31.8 Å². The third-order valence-electron chi connectivity index (χ3n) is 3.72. The van der Waals surface area contributed by atoms with Crippen LogP contribution >= 0.6 is 12.4 Å². The van der Waals surface area contributed by atoms with Crippen LogP contribution in [0, 0.1) is 0 Å². The molecule has 1 unspecified atom stereocenters. The fourth-order valence-corrected chi connectivity index (χ4v) is 2.41. The van der Waals surface area contributed by atoms with Gasteiger partial charge in [0.1, 0.15) is 6.54 Å². The number of halogens is 1. The van der Waals surface area contributed by atoms with Crippen LogP contribution in [0.1, 0.15) is 31.1 Å². The first-order chi connectivity index (χ1) is 11.6. The second-order valence-corrected chi connectivity index (χ2v) is 5.49. The van der Waals surface area contributed by atoms with E-state index in [0.29, 0.717) is 51.4 Å². The van der Waals surface area contributed by atoms with Gasteiger partial charge in [0.15, 0.2) is 5.82 Å². The molecule has 1 aliphatic rings. The summed E-state index contributed by atoms with van der Waals surface area (Å²) >= 11 is 0. The number of unbranched alkanes of at least 4 members (excludes halogenated alkanes) is 1. The molecule has 1 aliphatic heterocycles. The van der Waals surface area contributed by atoms with Gasteiger partial charge in [-0.15, -0.1) is 17.5 Å². The van der Waals surface area contributed by atoms with Gasteiger partial charge in [0.05, 0.1) is 19.3 Å². The van der Waals surface area contributed by atoms with Crippen molar-refractivity contribution in [3.05, 3.63) is 5.82 Å². The molecular weight excluding hydrogens is 354 g/mol. The minimum atomic E-state index is -1.75. The quantitative estimate of drug-likeness (QED) is 0.331. The van der Waals surface area contributed by atoms with Crippen molar-refractivity contribution in [1.29, 1.82) is 0 Å². The van der Waals surface area contributed by atoms with Gasteiger partial charge >= 0.3 is 7.32 Å². The summed E-state index contributed by atoms with van der Waals surface area (Å²) in [7, 11) is -1.75. The Labute approximate surface area is 152 Å². The first-order valence-corrected chi connectivity index (χ1v) is 7.93. The molecule has 0 aliphatic carbocycles. The van der Waals surface area contributed by atoms with E-state index in [1.807, 2.05) is 0 Å². The third kappa shape index (κ3) is 7.22. The lowest BCUT2D eigenvalue weighted by atomic mass is 10.1. The molecule has 13 heteroatoms. The molecule has 4 N–H and O–H groups in total. The fourth-order valence-electron chi connectivity index (χ4n) is 2.41. The van der Waals surface area contributed by atoms with Gasteiger partial charge in [0.2, 0.25) is 5.91 Å². The van der Waals surface area contributed by atoms with E-state index in [9.17, 15) is 4.79 Å². The maximum atomic E-state index is 12.3. The highest BCUT2D eigenvalue weighted by Crippen LogP contribution is 2.14. The molecule has 1 fully saturated rings. The van der Waals surface area contributed by atoms with Crippen LogP contribution in [0.15, 0.2) is 0 Å². The average molecular weight is 379 g/mol. The van der Waals surface area contributed by atoms with Crippen LogP contribution in [-0.4, -0.2) is 81.3 Å². The molecule has 0 saturated carbocycles. The Bertz CT molecular complexity index is 516. The monoisotopic (exact) mass is 378 g/mol. The Morgan fingerprint density at radius 1 is 1.36 bits per heavy atom. The second kappa shape index (κ2) is 11.3. The van der Waals surface area contributed by atoms with E-state index in [4.69, 9.17) is 20.5 Å². The lowest BCUT2D eigenvalue weighted by Crippen LogP contribution is -2.42. The molecular formula is C12H24BClN6O5. The maximum Gasteiger partial charge on any atom is 0.633 e. The number of amides is 1. The Morgan fingerprint density at radius 2 is 2.08 bits per heavy atom. The van der Waals surface area contributed by atoms with Crippen LogP contribution in [0.5, 0.6) is 0 Å². The number of hydrogen-bond donors (Lipinski definition) is 3. The topological polar surface area (TPSA) is 149 Å². The molecule has 0 spiro atoms. The lowest BCUT2D eigenvalue weighted by Gasteiger charge is -2.26. The van der Waals surface area contributed by atoms with E-state index in [2.05, 4.69) is 20.2 Å². The van der Waals surface area contributed by atoms with Gasteiger partial charge < -0.3 is 30.1 Å².